The molecule has 0 aromatic heterocycles. The van der Waals surface area contributed by atoms with E-state index in [1.165, 1.54) is 4.90 Å². The molecule has 4 atom stereocenters. The van der Waals surface area contributed by atoms with E-state index in [1.54, 1.807) is 34.6 Å². The summed E-state index contributed by atoms with van der Waals surface area (Å²) in [5, 5.41) is 5.37. The zero-order valence-electron chi connectivity index (χ0n) is 20.5. The molecule has 3 aliphatic rings. The van der Waals surface area contributed by atoms with Crippen molar-refractivity contribution in [2.24, 2.45) is 28.9 Å². The van der Waals surface area contributed by atoms with Gasteiger partial charge in [-0.25, -0.2) is 4.79 Å². The number of primary amides is 1. The van der Waals surface area contributed by atoms with E-state index in [0.29, 0.717) is 19.4 Å². The molecule has 4 amide bonds. The Morgan fingerprint density at radius 3 is 2.12 bits per heavy atom. The van der Waals surface area contributed by atoms with Gasteiger partial charge in [0.25, 0.3) is 5.91 Å². The fourth-order valence-corrected chi connectivity index (χ4v) is 5.02. The summed E-state index contributed by atoms with van der Waals surface area (Å²) in [6.07, 6.45) is -0.0229. The van der Waals surface area contributed by atoms with Crippen LogP contribution in [0.1, 0.15) is 61.3 Å². The van der Waals surface area contributed by atoms with Crippen LogP contribution in [-0.2, 0) is 23.9 Å². The molecule has 3 fully saturated rings. The molecular weight excluding hydrogens is 428 g/mol. The molecule has 0 spiro atoms. The molecule has 10 heteroatoms. The number of hydrogen-bond donors (Lipinski definition) is 3. The zero-order valence-corrected chi connectivity index (χ0v) is 20.5. The van der Waals surface area contributed by atoms with Crippen LogP contribution >= 0.6 is 0 Å². The highest BCUT2D eigenvalue weighted by atomic mass is 16.6. The number of alkyl carbamates (subject to hydrolysis) is 1. The Morgan fingerprint density at radius 1 is 1.09 bits per heavy atom. The second kappa shape index (κ2) is 7.99. The van der Waals surface area contributed by atoms with Crippen LogP contribution in [-0.4, -0.2) is 64.3 Å². The van der Waals surface area contributed by atoms with Gasteiger partial charge in [-0.05, 0) is 56.8 Å². The van der Waals surface area contributed by atoms with Crippen molar-refractivity contribution in [3.63, 3.8) is 0 Å². The van der Waals surface area contributed by atoms with Crippen LogP contribution in [0.2, 0.25) is 0 Å². The van der Waals surface area contributed by atoms with Crippen molar-refractivity contribution < 1.29 is 28.7 Å². The van der Waals surface area contributed by atoms with Gasteiger partial charge < -0.3 is 26.0 Å². The summed E-state index contributed by atoms with van der Waals surface area (Å²) in [5.41, 5.74) is 3.04. The number of piperidine rings is 1. The summed E-state index contributed by atoms with van der Waals surface area (Å²) in [6, 6.07) is -1.67. The van der Waals surface area contributed by atoms with Crippen molar-refractivity contribution in [1.82, 2.24) is 15.5 Å². The second-order valence-electron chi connectivity index (χ2n) is 11.5. The molecule has 2 saturated carbocycles. The minimum absolute atomic E-state index is 0.0738. The molecule has 1 unspecified atom stereocenters. The summed E-state index contributed by atoms with van der Waals surface area (Å²) >= 11 is 0. The van der Waals surface area contributed by atoms with Crippen LogP contribution in [0.15, 0.2) is 0 Å². The number of nitrogens with two attached hydrogens (primary N) is 1. The zero-order chi connectivity index (χ0) is 25.1. The molecular formula is C23H36N4O6. The Morgan fingerprint density at radius 2 is 1.67 bits per heavy atom. The number of fused-ring (bicyclic) bond motifs is 1. The van der Waals surface area contributed by atoms with Gasteiger partial charge in [0.1, 0.15) is 23.2 Å². The molecule has 0 aromatic rings. The number of rotatable bonds is 7. The van der Waals surface area contributed by atoms with E-state index in [4.69, 9.17) is 10.5 Å². The lowest BCUT2D eigenvalue weighted by Crippen LogP contribution is -2.59. The Bertz CT molecular complexity index is 886. The van der Waals surface area contributed by atoms with E-state index in [9.17, 15) is 24.0 Å². The van der Waals surface area contributed by atoms with Crippen molar-refractivity contribution in [1.29, 1.82) is 0 Å². The van der Waals surface area contributed by atoms with E-state index < -0.39 is 46.9 Å². The van der Waals surface area contributed by atoms with Crippen LogP contribution in [0, 0.1) is 23.2 Å². The molecule has 10 nitrogen and oxygen atoms in total. The largest absolute Gasteiger partial charge is 0.444 e. The number of ether oxygens (including phenoxy) is 1. The summed E-state index contributed by atoms with van der Waals surface area (Å²) in [7, 11) is 0. The van der Waals surface area contributed by atoms with Crippen molar-refractivity contribution in [3.8, 4) is 0 Å². The average Bonchev–Trinajstić information content (AvgIpc) is 3.47. The van der Waals surface area contributed by atoms with Crippen LogP contribution < -0.4 is 16.4 Å². The third kappa shape index (κ3) is 4.70. The summed E-state index contributed by atoms with van der Waals surface area (Å²) < 4.78 is 5.31. The van der Waals surface area contributed by atoms with Gasteiger partial charge in [0, 0.05) is 6.54 Å². The number of nitrogens with zero attached hydrogens (tertiary/aromatic N) is 1. The van der Waals surface area contributed by atoms with Gasteiger partial charge in [-0.2, -0.15) is 0 Å². The van der Waals surface area contributed by atoms with Gasteiger partial charge in [-0.1, -0.05) is 27.7 Å². The van der Waals surface area contributed by atoms with E-state index in [-0.39, 0.29) is 29.1 Å². The fraction of sp³-hybridized carbons (Fsp3) is 0.783. The maximum atomic E-state index is 13.5. The molecule has 4 N–H and O–H groups in total. The van der Waals surface area contributed by atoms with Gasteiger partial charge in [0.15, 0.2) is 0 Å². The first-order valence-corrected chi connectivity index (χ1v) is 11.5. The number of amides is 4. The SMILES string of the molecule is CC(C)[C@H](NC(=O)OC(C)(C)C)C(=O)N1C[C@H]2[C@@H](C1C(=O)NC1(C(=O)C(N)=O)CC1)C2(C)C. The van der Waals surface area contributed by atoms with Crippen LogP contribution in [0.25, 0.3) is 0 Å². The number of ketones is 1. The highest BCUT2D eigenvalue weighted by Gasteiger charge is 2.70. The van der Waals surface area contributed by atoms with Gasteiger partial charge in [-0.3, -0.25) is 19.2 Å². The lowest BCUT2D eigenvalue weighted by molar-refractivity contribution is -0.144. The predicted molar refractivity (Wildman–Crippen MR) is 119 cm³/mol. The first-order chi connectivity index (χ1) is 15.0. The average molecular weight is 465 g/mol. The number of nitrogens with one attached hydrogen (secondary N) is 2. The topological polar surface area (TPSA) is 148 Å². The van der Waals surface area contributed by atoms with E-state index >= 15 is 0 Å². The Balaban J connectivity index is 1.80. The first-order valence-electron chi connectivity index (χ1n) is 11.5. The van der Waals surface area contributed by atoms with E-state index in [2.05, 4.69) is 10.6 Å². The molecule has 184 valence electrons. The normalized spacial score (nSPS) is 27.3. The minimum atomic E-state index is -1.26. The maximum absolute atomic E-state index is 13.5. The van der Waals surface area contributed by atoms with Crippen LogP contribution in [0.4, 0.5) is 4.79 Å². The number of Topliss-reactive ketones (excluding diaryl/α,β-unsaturated/α-hetero) is 1. The first kappa shape index (κ1) is 25.0. The van der Waals surface area contributed by atoms with Gasteiger partial charge in [-0.15, -0.1) is 0 Å². The second-order valence-corrected chi connectivity index (χ2v) is 11.5. The highest BCUT2D eigenvalue weighted by Crippen LogP contribution is 2.65. The van der Waals surface area contributed by atoms with Crippen molar-refractivity contribution in [2.45, 2.75) is 84.5 Å². The number of carbonyl (C=O) groups is 5. The monoisotopic (exact) mass is 464 g/mol. The molecule has 1 saturated heterocycles. The molecule has 2 aliphatic carbocycles. The minimum Gasteiger partial charge on any atom is -0.444 e. The van der Waals surface area contributed by atoms with Crippen molar-refractivity contribution >= 4 is 29.6 Å². The molecule has 33 heavy (non-hydrogen) atoms. The molecule has 1 aliphatic heterocycles. The molecule has 0 bridgehead atoms. The van der Waals surface area contributed by atoms with Crippen molar-refractivity contribution in [3.05, 3.63) is 0 Å². The summed E-state index contributed by atoms with van der Waals surface area (Å²) in [5.74, 6) is -2.92. The van der Waals surface area contributed by atoms with E-state index in [1.807, 2.05) is 13.8 Å². The summed E-state index contributed by atoms with van der Waals surface area (Å²) in [4.78, 5) is 64.4. The lowest BCUT2D eigenvalue weighted by atomic mass is 9.97. The van der Waals surface area contributed by atoms with Gasteiger partial charge in [0.05, 0.1) is 0 Å². The standard InChI is InChI=1S/C23H36N4O6/c1-11(2)14(25-20(32)33-21(3,4)5)19(31)27-10-12-13(22(12,6)7)15(27)18(30)26-23(8-9-23)16(28)17(24)29/h11-15H,8-10H2,1-7H3,(H2,24,29)(H,25,32)(H,26,30)/t12-,13-,14-,15?/m0/s1. The molecule has 0 aromatic carbocycles. The third-order valence-electron chi connectivity index (χ3n) is 7.14. The van der Waals surface area contributed by atoms with E-state index in [0.717, 1.165) is 0 Å². The van der Waals surface area contributed by atoms with Gasteiger partial charge >= 0.3 is 6.09 Å². The fourth-order valence-electron chi connectivity index (χ4n) is 5.02. The Hall–Kier alpha value is -2.65. The van der Waals surface area contributed by atoms with Gasteiger partial charge in [0.2, 0.25) is 17.6 Å². The van der Waals surface area contributed by atoms with Crippen LogP contribution in [0.5, 0.6) is 0 Å². The predicted octanol–water partition coefficient (Wildman–Crippen LogP) is 0.722. The third-order valence-corrected chi connectivity index (χ3v) is 7.14. The highest BCUT2D eigenvalue weighted by molar-refractivity contribution is 6.40. The molecule has 0 radical (unpaired) electrons. The number of hydrogen-bond acceptors (Lipinski definition) is 6. The molecule has 3 rings (SSSR count). The Labute approximate surface area is 194 Å². The lowest BCUT2D eigenvalue weighted by Gasteiger charge is -2.35. The quantitative estimate of drug-likeness (QED) is 0.473. The smallest absolute Gasteiger partial charge is 0.408 e. The summed E-state index contributed by atoms with van der Waals surface area (Å²) in [6.45, 7) is 13.3. The maximum Gasteiger partial charge on any atom is 0.408 e. The number of carbonyl (C=O) groups excluding carboxylic acids is 5. The Kier molecular flexibility index (Phi) is 6.05. The van der Waals surface area contributed by atoms with Crippen LogP contribution in [0.3, 0.4) is 0 Å². The number of likely N-dealkylation sites (tertiary alicyclic amines) is 1. The molecule has 1 heterocycles. The van der Waals surface area contributed by atoms with Crippen molar-refractivity contribution in [2.75, 3.05) is 6.54 Å².